The zero-order valence-corrected chi connectivity index (χ0v) is 59.9. The lowest BCUT2D eigenvalue weighted by atomic mass is 9.80. The summed E-state index contributed by atoms with van der Waals surface area (Å²) in [4.78, 5) is 46.5. The molecule has 81 heavy (non-hydrogen) atoms. The van der Waals surface area contributed by atoms with E-state index in [0.717, 1.165) is 108 Å². The van der Waals surface area contributed by atoms with E-state index in [4.69, 9.17) is 36.1 Å². The van der Waals surface area contributed by atoms with Gasteiger partial charge in [-0.3, -0.25) is 9.59 Å². The fourth-order valence-electron chi connectivity index (χ4n) is 12.7. The van der Waals surface area contributed by atoms with Crippen LogP contribution in [0.4, 0.5) is 4.79 Å². The Morgan fingerprint density at radius 2 is 1.00 bits per heavy atom. The van der Waals surface area contributed by atoms with Crippen molar-refractivity contribution in [3.8, 4) is 5.75 Å². The third-order valence-electron chi connectivity index (χ3n) is 20.3. The lowest BCUT2D eigenvalue weighted by molar-refractivity contribution is -0.280. The number of fused-ring (bicyclic) bond motifs is 2. The standard InChI is InChI=1S/C61H113N3O11Si6/c1-19-76(20-2,21-3)70-51-44-42-49(43-45-51)46-52(62-60(67)68-47-50-40-38-37-39-41-50)57(65)63-53(59(66)73-79(28-10,29-11)30-12)54-55(71-77(22-4,23-5)24-6)61(74-80(31-13,32-14)33-15)48-69-58(56(61)72-78(25-7,26-8)27-9)64(54)75-81(34-16,35-17)36-18/h37-45,52-56,58H,19-36,46-48H2,1-18H3,(H,62,67)(H,63,65)/t52-,53?,54-,55-,56-,58-,61+/m0/s1. The molecule has 20 heteroatoms. The Labute approximate surface area is 498 Å². The van der Waals surface area contributed by atoms with Crippen LogP contribution in [-0.2, 0) is 54.3 Å². The Balaban J connectivity index is 2.14. The molecule has 2 saturated heterocycles. The van der Waals surface area contributed by atoms with E-state index in [-0.39, 0.29) is 19.6 Å². The van der Waals surface area contributed by atoms with Gasteiger partial charge in [0, 0.05) is 6.42 Å². The van der Waals surface area contributed by atoms with Crippen LogP contribution in [0, 0.1) is 0 Å². The number of carbonyl (C=O) groups is 3. The first-order valence-electron chi connectivity index (χ1n) is 32.2. The zero-order chi connectivity index (χ0) is 60.3. The van der Waals surface area contributed by atoms with Gasteiger partial charge in [0.1, 0.15) is 36.1 Å². The maximum absolute atomic E-state index is 16.3. The summed E-state index contributed by atoms with van der Waals surface area (Å²) in [5, 5.41) is 8.34. The highest BCUT2D eigenvalue weighted by molar-refractivity contribution is 6.76. The molecule has 2 bridgehead atoms. The third-order valence-corrected chi connectivity index (χ3v) is 47.8. The van der Waals surface area contributed by atoms with Crippen molar-refractivity contribution in [1.82, 2.24) is 15.7 Å². The van der Waals surface area contributed by atoms with Crippen molar-refractivity contribution in [2.75, 3.05) is 6.61 Å². The molecule has 462 valence electrons. The van der Waals surface area contributed by atoms with E-state index in [1.807, 2.05) is 59.7 Å². The van der Waals surface area contributed by atoms with Gasteiger partial charge in [-0.1, -0.05) is 167 Å². The number of nitrogens with zero attached hydrogens (tertiary/aromatic N) is 1. The van der Waals surface area contributed by atoms with Crippen LogP contribution >= 0.6 is 0 Å². The van der Waals surface area contributed by atoms with Gasteiger partial charge in [0.2, 0.25) is 22.5 Å². The number of carbonyl (C=O) groups excluding carboxylic acids is 3. The summed E-state index contributed by atoms with van der Waals surface area (Å²) >= 11 is 0. The molecule has 2 heterocycles. The Morgan fingerprint density at radius 3 is 1.46 bits per heavy atom. The second-order valence-corrected chi connectivity index (χ2v) is 51.5. The first-order chi connectivity index (χ1) is 38.7. The van der Waals surface area contributed by atoms with Crippen LogP contribution in [0.3, 0.4) is 0 Å². The fraction of sp³-hybridized carbons (Fsp3) is 0.754. The molecule has 0 radical (unpaired) electrons. The number of benzene rings is 2. The van der Waals surface area contributed by atoms with Crippen molar-refractivity contribution >= 4 is 67.9 Å². The second-order valence-electron chi connectivity index (χ2n) is 23.4. The Hall–Kier alpha value is -2.49. The SMILES string of the molecule is CC[Si](CC)(CC)OC(=O)C(NC(=O)[C@H](Cc1ccc(O[Si](CC)(CC)CC)cc1)NC(=O)OCc1ccccc1)[C@H]1[C@H](O[Si](CC)(CC)CC)[C@]2(O[Si](CC)(CC)CC)CO[C@@H]([C@@H]2O[Si](CC)(CC)CC)N1O[Si](CC)(CC)CC. The molecule has 2 aliphatic rings. The number of alkyl carbamates (subject to hydrolysis) is 1. The molecule has 2 fully saturated rings. The summed E-state index contributed by atoms with van der Waals surface area (Å²) < 4.78 is 59.1. The molecule has 0 spiro atoms. The van der Waals surface area contributed by atoms with E-state index >= 15 is 9.59 Å². The van der Waals surface area contributed by atoms with E-state index in [1.54, 1.807) is 0 Å². The molecular weight excluding hydrogens is 1120 g/mol. The molecule has 0 aromatic heterocycles. The minimum atomic E-state index is -2.74. The van der Waals surface area contributed by atoms with Gasteiger partial charge in [-0.2, -0.15) is 5.06 Å². The van der Waals surface area contributed by atoms with Crippen LogP contribution in [0.1, 0.15) is 136 Å². The maximum Gasteiger partial charge on any atom is 0.408 e. The lowest BCUT2D eigenvalue weighted by Crippen LogP contribution is -2.80. The first-order valence-corrected chi connectivity index (χ1v) is 47.3. The largest absolute Gasteiger partial charge is 0.544 e. The minimum absolute atomic E-state index is 0.00393. The number of nitrogens with one attached hydrogen (secondary N) is 2. The Morgan fingerprint density at radius 1 is 0.543 bits per heavy atom. The van der Waals surface area contributed by atoms with E-state index < -0.39 is 110 Å². The highest BCUT2D eigenvalue weighted by Gasteiger charge is 2.72. The van der Waals surface area contributed by atoms with E-state index in [1.165, 1.54) is 0 Å². The van der Waals surface area contributed by atoms with E-state index in [0.29, 0.717) is 18.1 Å². The molecule has 0 aliphatic carbocycles. The molecule has 2 aliphatic heterocycles. The van der Waals surface area contributed by atoms with Gasteiger partial charge in [-0.15, -0.1) is 0 Å². The van der Waals surface area contributed by atoms with Crippen LogP contribution in [0.15, 0.2) is 54.6 Å². The molecular formula is C61H113N3O11Si6. The smallest absolute Gasteiger partial charge is 0.408 e. The summed E-state index contributed by atoms with van der Waals surface area (Å²) in [5.74, 6) is -0.315. The molecule has 2 aromatic carbocycles. The number of amides is 2. The summed E-state index contributed by atoms with van der Waals surface area (Å²) in [6, 6.07) is 29.0. The molecule has 2 N–H and O–H groups in total. The molecule has 14 nitrogen and oxygen atoms in total. The monoisotopic (exact) mass is 1230 g/mol. The quantitative estimate of drug-likeness (QED) is 0.0616. The first kappa shape index (κ1) is 71.0. The van der Waals surface area contributed by atoms with Crippen molar-refractivity contribution in [2.45, 2.75) is 289 Å². The predicted molar refractivity (Wildman–Crippen MR) is 346 cm³/mol. The minimum Gasteiger partial charge on any atom is -0.544 e. The number of ether oxygens (including phenoxy) is 2. The molecule has 7 atom stereocenters. The number of piperidine rings is 1. The van der Waals surface area contributed by atoms with Gasteiger partial charge in [-0.05, 0) is 132 Å². The predicted octanol–water partition coefficient (Wildman–Crippen LogP) is 15.5. The number of rotatable bonds is 38. The summed E-state index contributed by atoms with van der Waals surface area (Å²) in [6.45, 7) is 40.0. The molecule has 2 amide bonds. The summed E-state index contributed by atoms with van der Waals surface area (Å²) in [7, 11) is -15.1. The van der Waals surface area contributed by atoms with Gasteiger partial charge >= 0.3 is 12.1 Å². The molecule has 1 unspecified atom stereocenters. The Kier molecular flexibility index (Phi) is 28.3. The van der Waals surface area contributed by atoms with Crippen molar-refractivity contribution in [3.63, 3.8) is 0 Å². The highest BCUT2D eigenvalue weighted by Crippen LogP contribution is 2.52. The third kappa shape index (κ3) is 16.5. The molecule has 0 saturated carbocycles. The van der Waals surface area contributed by atoms with Crippen LogP contribution in [0.2, 0.25) is 109 Å². The number of hydrogen-bond donors (Lipinski definition) is 2. The highest BCUT2D eigenvalue weighted by atomic mass is 28.4. The summed E-state index contributed by atoms with van der Waals surface area (Å²) in [5.41, 5.74) is 0.410. The van der Waals surface area contributed by atoms with Crippen LogP contribution in [-0.4, -0.2) is 122 Å². The fourth-order valence-corrected chi connectivity index (χ4v) is 29.1. The number of hydroxylamine groups is 2. The van der Waals surface area contributed by atoms with Crippen LogP contribution < -0.4 is 15.1 Å². The van der Waals surface area contributed by atoms with E-state index in [9.17, 15) is 4.79 Å². The van der Waals surface area contributed by atoms with Crippen molar-refractivity contribution in [2.24, 2.45) is 0 Å². The average molecular weight is 1230 g/mol. The van der Waals surface area contributed by atoms with Crippen molar-refractivity contribution < 1.29 is 50.5 Å². The van der Waals surface area contributed by atoms with Crippen molar-refractivity contribution in [3.05, 3.63) is 65.7 Å². The van der Waals surface area contributed by atoms with E-state index in [2.05, 4.69) is 135 Å². The lowest BCUT2D eigenvalue weighted by Gasteiger charge is -2.59. The van der Waals surface area contributed by atoms with Crippen LogP contribution in [0.25, 0.3) is 0 Å². The van der Waals surface area contributed by atoms with Gasteiger partial charge in [0.05, 0.1) is 18.8 Å². The topological polar surface area (TPSA) is 152 Å². The van der Waals surface area contributed by atoms with Gasteiger partial charge < -0.3 is 46.8 Å². The van der Waals surface area contributed by atoms with Crippen molar-refractivity contribution in [1.29, 1.82) is 0 Å². The summed E-state index contributed by atoms with van der Waals surface area (Å²) in [6.07, 6.45) is -2.98. The average Bonchev–Trinajstić information content (AvgIpc) is 3.62. The van der Waals surface area contributed by atoms with Gasteiger partial charge in [-0.25, -0.2) is 4.79 Å². The zero-order valence-electron chi connectivity index (χ0n) is 53.9. The Bertz CT molecular complexity index is 2150. The van der Waals surface area contributed by atoms with Gasteiger partial charge in [0.15, 0.2) is 31.2 Å². The van der Waals surface area contributed by atoms with Gasteiger partial charge in [0.25, 0.3) is 8.32 Å². The number of hydrogen-bond acceptors (Lipinski definition) is 12. The van der Waals surface area contributed by atoms with Crippen LogP contribution in [0.5, 0.6) is 5.75 Å². The maximum atomic E-state index is 16.3. The molecule has 2 aromatic rings. The second kappa shape index (κ2) is 32.3. The normalized spacial score (nSPS) is 20.9. The molecule has 4 rings (SSSR count).